The van der Waals surface area contributed by atoms with Crippen LogP contribution in [-0.4, -0.2) is 6.54 Å². The molecule has 1 rings (SSSR count). The molecule has 3 nitrogen and oxygen atoms in total. The summed E-state index contributed by atoms with van der Waals surface area (Å²) < 4.78 is 0. The SMILES string of the molecule is CC(C)CNc1cc(N)ccc1N. The molecule has 0 bridgehead atoms. The predicted molar refractivity (Wildman–Crippen MR) is 58.6 cm³/mol. The molecule has 0 fully saturated rings. The average molecular weight is 179 g/mol. The molecule has 0 saturated heterocycles. The Bertz CT molecular complexity index is 281. The molecule has 0 saturated carbocycles. The van der Waals surface area contributed by atoms with Crippen molar-refractivity contribution < 1.29 is 0 Å². The lowest BCUT2D eigenvalue weighted by Gasteiger charge is -2.11. The van der Waals surface area contributed by atoms with Crippen LogP contribution in [0.5, 0.6) is 0 Å². The van der Waals surface area contributed by atoms with Crippen LogP contribution in [-0.2, 0) is 0 Å². The molecule has 0 spiro atoms. The summed E-state index contributed by atoms with van der Waals surface area (Å²) in [5, 5.41) is 3.25. The van der Waals surface area contributed by atoms with Crippen LogP contribution in [0.25, 0.3) is 0 Å². The normalized spacial score (nSPS) is 10.4. The van der Waals surface area contributed by atoms with Crippen molar-refractivity contribution >= 4 is 17.1 Å². The number of nitrogens with two attached hydrogens (primary N) is 2. The molecule has 0 heterocycles. The number of nitrogens with one attached hydrogen (secondary N) is 1. The fourth-order valence-corrected chi connectivity index (χ4v) is 1.04. The molecule has 72 valence electrons. The molecule has 0 aromatic heterocycles. The van der Waals surface area contributed by atoms with Gasteiger partial charge in [0, 0.05) is 12.2 Å². The van der Waals surface area contributed by atoms with Crippen LogP contribution in [0.2, 0.25) is 0 Å². The minimum Gasteiger partial charge on any atom is -0.399 e. The second kappa shape index (κ2) is 4.03. The van der Waals surface area contributed by atoms with E-state index in [0.717, 1.165) is 23.6 Å². The van der Waals surface area contributed by atoms with Gasteiger partial charge in [-0.1, -0.05) is 13.8 Å². The van der Waals surface area contributed by atoms with E-state index in [-0.39, 0.29) is 0 Å². The van der Waals surface area contributed by atoms with Gasteiger partial charge in [-0.2, -0.15) is 0 Å². The zero-order chi connectivity index (χ0) is 9.84. The Morgan fingerprint density at radius 1 is 1.31 bits per heavy atom. The van der Waals surface area contributed by atoms with E-state index in [9.17, 15) is 0 Å². The van der Waals surface area contributed by atoms with E-state index in [1.807, 2.05) is 12.1 Å². The van der Waals surface area contributed by atoms with E-state index in [0.29, 0.717) is 5.92 Å². The maximum Gasteiger partial charge on any atom is 0.0594 e. The maximum atomic E-state index is 5.76. The summed E-state index contributed by atoms with van der Waals surface area (Å²) in [5.74, 6) is 0.598. The van der Waals surface area contributed by atoms with E-state index in [1.165, 1.54) is 0 Å². The number of hydrogen-bond acceptors (Lipinski definition) is 3. The van der Waals surface area contributed by atoms with E-state index >= 15 is 0 Å². The van der Waals surface area contributed by atoms with Gasteiger partial charge >= 0.3 is 0 Å². The minimum absolute atomic E-state index is 0.598. The highest BCUT2D eigenvalue weighted by molar-refractivity contribution is 5.70. The van der Waals surface area contributed by atoms with Gasteiger partial charge < -0.3 is 16.8 Å². The van der Waals surface area contributed by atoms with Crippen LogP contribution in [0.15, 0.2) is 18.2 Å². The predicted octanol–water partition coefficient (Wildman–Crippen LogP) is 1.92. The van der Waals surface area contributed by atoms with Crippen LogP contribution in [0.1, 0.15) is 13.8 Å². The number of rotatable bonds is 3. The second-order valence-electron chi connectivity index (χ2n) is 3.62. The largest absolute Gasteiger partial charge is 0.399 e. The first kappa shape index (κ1) is 9.71. The lowest BCUT2D eigenvalue weighted by molar-refractivity contribution is 0.689. The molecule has 13 heavy (non-hydrogen) atoms. The van der Waals surface area contributed by atoms with Gasteiger partial charge in [0.05, 0.1) is 11.4 Å². The van der Waals surface area contributed by atoms with Crippen molar-refractivity contribution in [3.63, 3.8) is 0 Å². The molecule has 0 radical (unpaired) electrons. The molecule has 5 N–H and O–H groups in total. The van der Waals surface area contributed by atoms with Crippen molar-refractivity contribution in [3.8, 4) is 0 Å². The van der Waals surface area contributed by atoms with Gasteiger partial charge in [0.2, 0.25) is 0 Å². The standard InChI is InChI=1S/C10H17N3/c1-7(2)6-13-10-5-8(11)3-4-9(10)12/h3-5,7,13H,6,11-12H2,1-2H3. The van der Waals surface area contributed by atoms with Crippen LogP contribution in [0, 0.1) is 5.92 Å². The van der Waals surface area contributed by atoms with E-state index in [4.69, 9.17) is 11.5 Å². The lowest BCUT2D eigenvalue weighted by atomic mass is 10.2. The van der Waals surface area contributed by atoms with E-state index in [2.05, 4.69) is 19.2 Å². The molecular weight excluding hydrogens is 162 g/mol. The van der Waals surface area contributed by atoms with Crippen LogP contribution < -0.4 is 16.8 Å². The third kappa shape index (κ3) is 2.86. The first-order valence-electron chi connectivity index (χ1n) is 4.48. The first-order chi connectivity index (χ1) is 6.09. The molecular formula is C10H17N3. The Morgan fingerprint density at radius 2 is 2.00 bits per heavy atom. The average Bonchev–Trinajstić information content (AvgIpc) is 2.06. The van der Waals surface area contributed by atoms with Crippen molar-refractivity contribution in [2.75, 3.05) is 23.3 Å². The lowest BCUT2D eigenvalue weighted by Crippen LogP contribution is -2.09. The Hall–Kier alpha value is -1.38. The highest BCUT2D eigenvalue weighted by atomic mass is 14.9. The molecule has 1 aromatic rings. The van der Waals surface area contributed by atoms with E-state index < -0.39 is 0 Å². The molecule has 0 unspecified atom stereocenters. The number of anilines is 3. The molecule has 0 aliphatic heterocycles. The zero-order valence-corrected chi connectivity index (χ0v) is 8.17. The van der Waals surface area contributed by atoms with Gasteiger partial charge in [-0.05, 0) is 24.1 Å². The summed E-state index contributed by atoms with van der Waals surface area (Å²) in [6.07, 6.45) is 0. The van der Waals surface area contributed by atoms with Crippen LogP contribution >= 0.6 is 0 Å². The summed E-state index contributed by atoms with van der Waals surface area (Å²) in [6.45, 7) is 5.21. The number of hydrogen-bond donors (Lipinski definition) is 3. The Morgan fingerprint density at radius 3 is 2.62 bits per heavy atom. The Balaban J connectivity index is 2.70. The molecule has 0 aliphatic carbocycles. The van der Waals surface area contributed by atoms with Gasteiger partial charge in [-0.3, -0.25) is 0 Å². The van der Waals surface area contributed by atoms with Gasteiger partial charge in [0.25, 0.3) is 0 Å². The Kier molecular flexibility index (Phi) is 3.01. The van der Waals surface area contributed by atoms with Crippen molar-refractivity contribution in [2.45, 2.75) is 13.8 Å². The molecule has 0 atom stereocenters. The Labute approximate surface area is 79.1 Å². The third-order valence-electron chi connectivity index (χ3n) is 1.78. The summed E-state index contributed by atoms with van der Waals surface area (Å²) in [4.78, 5) is 0. The van der Waals surface area contributed by atoms with Crippen molar-refractivity contribution in [1.29, 1.82) is 0 Å². The first-order valence-corrected chi connectivity index (χ1v) is 4.48. The molecule has 1 aromatic carbocycles. The van der Waals surface area contributed by atoms with Crippen molar-refractivity contribution in [2.24, 2.45) is 5.92 Å². The third-order valence-corrected chi connectivity index (χ3v) is 1.78. The zero-order valence-electron chi connectivity index (χ0n) is 8.17. The summed E-state index contributed by atoms with van der Waals surface area (Å²) in [7, 11) is 0. The second-order valence-corrected chi connectivity index (χ2v) is 3.62. The van der Waals surface area contributed by atoms with Crippen molar-refractivity contribution in [1.82, 2.24) is 0 Å². The van der Waals surface area contributed by atoms with Crippen LogP contribution in [0.3, 0.4) is 0 Å². The smallest absolute Gasteiger partial charge is 0.0594 e. The molecule has 0 amide bonds. The van der Waals surface area contributed by atoms with E-state index in [1.54, 1.807) is 6.07 Å². The van der Waals surface area contributed by atoms with Crippen LogP contribution in [0.4, 0.5) is 17.1 Å². The quantitative estimate of drug-likeness (QED) is 0.621. The van der Waals surface area contributed by atoms with Gasteiger partial charge in [-0.15, -0.1) is 0 Å². The topological polar surface area (TPSA) is 64.1 Å². The minimum atomic E-state index is 0.598. The monoisotopic (exact) mass is 179 g/mol. The summed E-state index contributed by atoms with van der Waals surface area (Å²) in [6, 6.07) is 5.48. The number of benzene rings is 1. The number of nitrogen functional groups attached to an aromatic ring is 2. The van der Waals surface area contributed by atoms with Gasteiger partial charge in [0.1, 0.15) is 0 Å². The molecule has 0 aliphatic rings. The summed E-state index contributed by atoms with van der Waals surface area (Å²) >= 11 is 0. The molecule has 3 heteroatoms. The maximum absolute atomic E-state index is 5.76. The van der Waals surface area contributed by atoms with Crippen molar-refractivity contribution in [3.05, 3.63) is 18.2 Å². The highest BCUT2D eigenvalue weighted by Gasteiger charge is 1.99. The fraction of sp³-hybridized carbons (Fsp3) is 0.400. The highest BCUT2D eigenvalue weighted by Crippen LogP contribution is 2.21. The summed E-state index contributed by atoms with van der Waals surface area (Å²) in [5.41, 5.74) is 13.8. The van der Waals surface area contributed by atoms with Gasteiger partial charge in [0.15, 0.2) is 0 Å². The fourth-order valence-electron chi connectivity index (χ4n) is 1.04. The van der Waals surface area contributed by atoms with Gasteiger partial charge in [-0.25, -0.2) is 0 Å².